The molecular weight excluding hydrogens is 303 g/mol. The van der Waals surface area contributed by atoms with Crippen LogP contribution in [-0.4, -0.2) is 13.4 Å². The Morgan fingerprint density at radius 2 is 1.71 bits per heavy atom. The molecule has 2 aromatic carbocycles. The van der Waals surface area contributed by atoms with E-state index < -0.39 is 6.36 Å². The Morgan fingerprint density at radius 1 is 1.05 bits per heavy atom. The maximum Gasteiger partial charge on any atom is 0.573 e. The fourth-order valence-corrected chi connectivity index (χ4v) is 2.20. The van der Waals surface area contributed by atoms with Gasteiger partial charge in [-0.3, -0.25) is 0 Å². The van der Waals surface area contributed by atoms with Gasteiger partial charge in [-0.05, 0) is 42.4 Å². The van der Waals surface area contributed by atoms with Crippen LogP contribution in [0.15, 0.2) is 48.5 Å². The number of halogens is 4. The van der Waals surface area contributed by atoms with E-state index >= 15 is 0 Å². The van der Waals surface area contributed by atoms with Gasteiger partial charge in [0.1, 0.15) is 5.75 Å². The Kier molecular flexibility index (Phi) is 4.75. The second-order valence-electron chi connectivity index (χ2n) is 4.39. The minimum Gasteiger partial charge on any atom is -0.406 e. The van der Waals surface area contributed by atoms with E-state index in [1.54, 1.807) is 25.2 Å². The van der Waals surface area contributed by atoms with Crippen molar-refractivity contribution in [1.29, 1.82) is 0 Å². The van der Waals surface area contributed by atoms with Crippen molar-refractivity contribution < 1.29 is 17.9 Å². The van der Waals surface area contributed by atoms with E-state index in [4.69, 9.17) is 11.6 Å². The Balaban J connectivity index is 2.30. The molecule has 0 aliphatic carbocycles. The molecule has 0 saturated carbocycles. The summed E-state index contributed by atoms with van der Waals surface area (Å²) in [5.74, 6) is -0.241. The van der Waals surface area contributed by atoms with Crippen LogP contribution in [-0.2, 0) is 0 Å². The first-order chi connectivity index (χ1) is 9.89. The number of alkyl halides is 3. The zero-order valence-electron chi connectivity index (χ0n) is 11.1. The van der Waals surface area contributed by atoms with Crippen molar-refractivity contribution in [3.8, 4) is 5.75 Å². The lowest BCUT2D eigenvalue weighted by molar-refractivity contribution is -0.274. The predicted octanol–water partition coefficient (Wildman–Crippen LogP) is 4.55. The van der Waals surface area contributed by atoms with E-state index in [0.29, 0.717) is 10.6 Å². The first kappa shape index (κ1) is 15.7. The van der Waals surface area contributed by atoms with Gasteiger partial charge in [0.05, 0.1) is 6.04 Å². The van der Waals surface area contributed by atoms with Crippen molar-refractivity contribution in [1.82, 2.24) is 5.32 Å². The highest BCUT2D eigenvalue weighted by Crippen LogP contribution is 2.28. The molecule has 0 aromatic heterocycles. The maximum absolute atomic E-state index is 12.3. The molecule has 0 saturated heterocycles. The SMILES string of the molecule is CNC(c1ccc(Cl)cc1)c1cccc(OC(F)(F)F)c1. The van der Waals surface area contributed by atoms with Crippen LogP contribution in [0.3, 0.4) is 0 Å². The molecule has 112 valence electrons. The molecule has 21 heavy (non-hydrogen) atoms. The average Bonchev–Trinajstić information content (AvgIpc) is 2.40. The topological polar surface area (TPSA) is 21.3 Å². The number of nitrogens with one attached hydrogen (secondary N) is 1. The van der Waals surface area contributed by atoms with Crippen LogP contribution in [0.5, 0.6) is 5.75 Å². The van der Waals surface area contributed by atoms with E-state index in [0.717, 1.165) is 5.56 Å². The van der Waals surface area contributed by atoms with Crippen LogP contribution in [0, 0.1) is 0 Å². The molecule has 0 radical (unpaired) electrons. The van der Waals surface area contributed by atoms with Crippen molar-refractivity contribution >= 4 is 11.6 Å². The molecular formula is C15H13ClF3NO. The molecule has 1 unspecified atom stereocenters. The lowest BCUT2D eigenvalue weighted by Gasteiger charge is -2.18. The van der Waals surface area contributed by atoms with Crippen LogP contribution >= 0.6 is 11.6 Å². The lowest BCUT2D eigenvalue weighted by Crippen LogP contribution is -2.19. The molecule has 0 amide bonds. The summed E-state index contributed by atoms with van der Waals surface area (Å²) in [5, 5.41) is 3.66. The molecule has 1 atom stereocenters. The summed E-state index contributed by atoms with van der Waals surface area (Å²) < 4.78 is 40.8. The third-order valence-corrected chi connectivity index (χ3v) is 3.17. The molecule has 2 rings (SSSR count). The van der Waals surface area contributed by atoms with E-state index in [-0.39, 0.29) is 11.8 Å². The van der Waals surface area contributed by atoms with E-state index in [1.165, 1.54) is 18.2 Å². The summed E-state index contributed by atoms with van der Waals surface area (Å²) in [6.07, 6.45) is -4.70. The molecule has 0 fully saturated rings. The number of benzene rings is 2. The predicted molar refractivity (Wildman–Crippen MR) is 75.5 cm³/mol. The first-order valence-electron chi connectivity index (χ1n) is 6.17. The van der Waals surface area contributed by atoms with Gasteiger partial charge in [-0.2, -0.15) is 0 Å². The van der Waals surface area contributed by atoms with Crippen molar-refractivity contribution in [3.05, 3.63) is 64.7 Å². The molecule has 0 bridgehead atoms. The van der Waals surface area contributed by atoms with Crippen LogP contribution in [0.1, 0.15) is 17.2 Å². The second-order valence-corrected chi connectivity index (χ2v) is 4.83. The summed E-state index contributed by atoms with van der Waals surface area (Å²) >= 11 is 5.84. The summed E-state index contributed by atoms with van der Waals surface area (Å²) in [5.41, 5.74) is 1.56. The highest BCUT2D eigenvalue weighted by atomic mass is 35.5. The summed E-state index contributed by atoms with van der Waals surface area (Å²) in [7, 11) is 1.73. The fraction of sp³-hybridized carbons (Fsp3) is 0.200. The fourth-order valence-electron chi connectivity index (χ4n) is 2.07. The minimum absolute atomic E-state index is 0.241. The lowest BCUT2D eigenvalue weighted by atomic mass is 9.99. The van der Waals surface area contributed by atoms with Gasteiger partial charge in [0.15, 0.2) is 0 Å². The highest BCUT2D eigenvalue weighted by molar-refractivity contribution is 6.30. The second kappa shape index (κ2) is 6.37. The Labute approximate surface area is 125 Å². The van der Waals surface area contributed by atoms with Gasteiger partial charge >= 0.3 is 6.36 Å². The van der Waals surface area contributed by atoms with Crippen molar-refractivity contribution in [3.63, 3.8) is 0 Å². The largest absolute Gasteiger partial charge is 0.573 e. The third kappa shape index (κ3) is 4.37. The summed E-state index contributed by atoms with van der Waals surface area (Å²) in [6.45, 7) is 0. The normalized spacial score (nSPS) is 13.0. The van der Waals surface area contributed by atoms with Gasteiger partial charge in [-0.15, -0.1) is 13.2 Å². The zero-order valence-corrected chi connectivity index (χ0v) is 11.9. The van der Waals surface area contributed by atoms with E-state index in [2.05, 4.69) is 10.1 Å². The summed E-state index contributed by atoms with van der Waals surface area (Å²) in [4.78, 5) is 0. The van der Waals surface area contributed by atoms with Crippen LogP contribution < -0.4 is 10.1 Å². The van der Waals surface area contributed by atoms with Gasteiger partial charge in [0.25, 0.3) is 0 Å². The van der Waals surface area contributed by atoms with Crippen LogP contribution in [0.4, 0.5) is 13.2 Å². The standard InChI is InChI=1S/C15H13ClF3NO/c1-20-14(10-5-7-12(16)8-6-10)11-3-2-4-13(9-11)21-15(17,18)19/h2-9,14,20H,1H3. The molecule has 6 heteroatoms. The van der Waals surface area contributed by atoms with Crippen molar-refractivity contribution in [2.75, 3.05) is 7.05 Å². The van der Waals surface area contributed by atoms with Gasteiger partial charge in [0.2, 0.25) is 0 Å². The monoisotopic (exact) mass is 315 g/mol. The first-order valence-corrected chi connectivity index (χ1v) is 6.55. The number of hydrogen-bond donors (Lipinski definition) is 1. The highest BCUT2D eigenvalue weighted by Gasteiger charge is 2.31. The van der Waals surface area contributed by atoms with Gasteiger partial charge < -0.3 is 10.1 Å². The van der Waals surface area contributed by atoms with E-state index in [1.807, 2.05) is 12.1 Å². The van der Waals surface area contributed by atoms with Gasteiger partial charge in [-0.25, -0.2) is 0 Å². The number of ether oxygens (including phenoxy) is 1. The van der Waals surface area contributed by atoms with Crippen LogP contribution in [0.25, 0.3) is 0 Å². The molecule has 2 aromatic rings. The Bertz CT molecular complexity index is 599. The van der Waals surface area contributed by atoms with Crippen LogP contribution in [0.2, 0.25) is 5.02 Å². The molecule has 2 nitrogen and oxygen atoms in total. The number of hydrogen-bond acceptors (Lipinski definition) is 2. The summed E-state index contributed by atoms with van der Waals surface area (Å²) in [6, 6.07) is 12.7. The minimum atomic E-state index is -4.70. The smallest absolute Gasteiger partial charge is 0.406 e. The van der Waals surface area contributed by atoms with Gasteiger partial charge in [0, 0.05) is 5.02 Å². The Hall–Kier alpha value is -1.72. The Morgan fingerprint density at radius 3 is 2.29 bits per heavy atom. The van der Waals surface area contributed by atoms with Gasteiger partial charge in [-0.1, -0.05) is 35.9 Å². The molecule has 0 heterocycles. The maximum atomic E-state index is 12.3. The molecule has 1 N–H and O–H groups in total. The average molecular weight is 316 g/mol. The molecule has 0 spiro atoms. The van der Waals surface area contributed by atoms with E-state index in [9.17, 15) is 13.2 Å². The third-order valence-electron chi connectivity index (χ3n) is 2.92. The van der Waals surface area contributed by atoms with Crippen molar-refractivity contribution in [2.24, 2.45) is 0 Å². The van der Waals surface area contributed by atoms with Crippen molar-refractivity contribution in [2.45, 2.75) is 12.4 Å². The quantitative estimate of drug-likeness (QED) is 0.894. The molecule has 0 aliphatic heterocycles. The zero-order chi connectivity index (χ0) is 15.5. The molecule has 0 aliphatic rings. The number of rotatable bonds is 4.